The molecule has 0 bridgehead atoms. The lowest BCUT2D eigenvalue weighted by atomic mass is 9.75. The molecular formula is C23H26N4O2S. The molecule has 1 amide bonds. The number of amides is 1. The van der Waals surface area contributed by atoms with Gasteiger partial charge in [-0.05, 0) is 48.9 Å². The van der Waals surface area contributed by atoms with Gasteiger partial charge in [0.25, 0.3) is 0 Å². The van der Waals surface area contributed by atoms with Crippen molar-refractivity contribution in [1.82, 2.24) is 19.7 Å². The number of hydrogen-bond acceptors (Lipinski definition) is 5. The Morgan fingerprint density at radius 2 is 1.87 bits per heavy atom. The zero-order chi connectivity index (χ0) is 20.3. The van der Waals surface area contributed by atoms with E-state index in [2.05, 4.69) is 15.1 Å². The molecule has 6 nitrogen and oxygen atoms in total. The van der Waals surface area contributed by atoms with Crippen molar-refractivity contribution in [3.63, 3.8) is 0 Å². The van der Waals surface area contributed by atoms with E-state index in [1.165, 1.54) is 37.4 Å². The Hall–Kier alpha value is -2.54. The van der Waals surface area contributed by atoms with Gasteiger partial charge >= 0.3 is 0 Å². The zero-order valence-corrected chi connectivity index (χ0v) is 17.8. The molecule has 1 aliphatic carbocycles. The van der Waals surface area contributed by atoms with Crippen LogP contribution in [-0.2, 0) is 4.79 Å². The smallest absolute Gasteiger partial charge is 0.233 e. The molecule has 2 aliphatic rings. The Morgan fingerprint density at radius 3 is 2.67 bits per heavy atom. The second-order valence-corrected chi connectivity index (χ2v) is 9.12. The first-order chi connectivity index (χ1) is 14.8. The lowest BCUT2D eigenvalue weighted by Crippen LogP contribution is -2.45. The van der Waals surface area contributed by atoms with Crippen molar-refractivity contribution < 1.29 is 9.21 Å². The van der Waals surface area contributed by atoms with Crippen molar-refractivity contribution in [2.45, 2.75) is 37.3 Å². The van der Waals surface area contributed by atoms with Crippen LogP contribution in [0, 0.1) is 11.8 Å². The van der Waals surface area contributed by atoms with Gasteiger partial charge in [0.2, 0.25) is 11.7 Å². The van der Waals surface area contributed by atoms with Crippen LogP contribution in [0.3, 0.4) is 0 Å². The number of fused-ring (bicyclic) bond motifs is 1. The van der Waals surface area contributed by atoms with Crippen LogP contribution in [0.25, 0.3) is 17.3 Å². The quantitative estimate of drug-likeness (QED) is 0.560. The van der Waals surface area contributed by atoms with Gasteiger partial charge in [0.15, 0.2) is 10.9 Å². The van der Waals surface area contributed by atoms with Crippen LogP contribution in [0.5, 0.6) is 0 Å². The Balaban J connectivity index is 1.32. The van der Waals surface area contributed by atoms with Crippen LogP contribution in [0.2, 0.25) is 0 Å². The van der Waals surface area contributed by atoms with Gasteiger partial charge < -0.3 is 9.32 Å². The molecule has 2 fully saturated rings. The van der Waals surface area contributed by atoms with E-state index in [0.29, 0.717) is 28.4 Å². The summed E-state index contributed by atoms with van der Waals surface area (Å²) in [5.41, 5.74) is 0.951. The van der Waals surface area contributed by atoms with E-state index in [1.54, 1.807) is 6.26 Å². The molecule has 1 aromatic carbocycles. The lowest BCUT2D eigenvalue weighted by Gasteiger charge is -2.41. The second kappa shape index (κ2) is 8.68. The molecule has 0 unspecified atom stereocenters. The van der Waals surface area contributed by atoms with Crippen LogP contribution < -0.4 is 0 Å². The summed E-state index contributed by atoms with van der Waals surface area (Å²) in [4.78, 5) is 15.0. The number of carbonyl (C=O) groups is 1. The molecule has 30 heavy (non-hydrogen) atoms. The summed E-state index contributed by atoms with van der Waals surface area (Å²) < 4.78 is 7.52. The van der Waals surface area contributed by atoms with Crippen molar-refractivity contribution >= 4 is 17.7 Å². The van der Waals surface area contributed by atoms with Crippen LogP contribution in [0.1, 0.15) is 32.1 Å². The third kappa shape index (κ3) is 3.90. The maximum Gasteiger partial charge on any atom is 0.233 e. The summed E-state index contributed by atoms with van der Waals surface area (Å²) in [6.45, 7) is 1.82. The third-order valence-corrected chi connectivity index (χ3v) is 7.27. The van der Waals surface area contributed by atoms with E-state index >= 15 is 0 Å². The van der Waals surface area contributed by atoms with E-state index < -0.39 is 0 Å². The fourth-order valence-electron chi connectivity index (χ4n) is 4.78. The van der Waals surface area contributed by atoms with Crippen LogP contribution in [0.4, 0.5) is 0 Å². The monoisotopic (exact) mass is 422 g/mol. The summed E-state index contributed by atoms with van der Waals surface area (Å²) in [5, 5.41) is 9.43. The molecule has 1 aliphatic heterocycles. The molecule has 1 saturated heterocycles. The molecule has 2 aromatic heterocycles. The lowest BCUT2D eigenvalue weighted by molar-refractivity contribution is -0.131. The first-order valence-electron chi connectivity index (χ1n) is 10.7. The predicted octanol–water partition coefficient (Wildman–Crippen LogP) is 4.66. The molecule has 0 radical (unpaired) electrons. The van der Waals surface area contributed by atoms with E-state index in [1.807, 2.05) is 47.0 Å². The predicted molar refractivity (Wildman–Crippen MR) is 116 cm³/mol. The number of hydrogen-bond donors (Lipinski definition) is 0. The van der Waals surface area contributed by atoms with Crippen molar-refractivity contribution in [2.75, 3.05) is 18.8 Å². The first-order valence-corrected chi connectivity index (χ1v) is 11.7. The number of furan rings is 1. The summed E-state index contributed by atoms with van der Waals surface area (Å²) >= 11 is 1.45. The number of carbonyl (C=O) groups excluding carboxylic acids is 1. The van der Waals surface area contributed by atoms with E-state index in [4.69, 9.17) is 4.42 Å². The third-order valence-electron chi connectivity index (χ3n) is 6.36. The average molecular weight is 423 g/mol. The number of rotatable bonds is 5. The van der Waals surface area contributed by atoms with E-state index in [-0.39, 0.29) is 5.91 Å². The van der Waals surface area contributed by atoms with Crippen LogP contribution in [-0.4, -0.2) is 44.4 Å². The molecule has 2 atom stereocenters. The number of aromatic nitrogens is 3. The van der Waals surface area contributed by atoms with Crippen molar-refractivity contribution in [3.8, 4) is 17.3 Å². The van der Waals surface area contributed by atoms with Crippen LogP contribution in [0.15, 0.2) is 58.3 Å². The van der Waals surface area contributed by atoms with Gasteiger partial charge in [0.05, 0.1) is 12.0 Å². The fourth-order valence-corrected chi connectivity index (χ4v) is 5.64. The molecule has 3 heterocycles. The SMILES string of the molecule is O=C(CSc1nnc(-c2ccco2)n1-c1ccccc1)N1CC[C@@H]2CCCC[C@@H]2C1. The van der Waals surface area contributed by atoms with Crippen molar-refractivity contribution in [3.05, 3.63) is 48.7 Å². The minimum Gasteiger partial charge on any atom is -0.461 e. The van der Waals surface area contributed by atoms with E-state index in [9.17, 15) is 4.79 Å². The van der Waals surface area contributed by atoms with Gasteiger partial charge in [-0.25, -0.2) is 0 Å². The van der Waals surface area contributed by atoms with Crippen molar-refractivity contribution in [2.24, 2.45) is 11.8 Å². The first kappa shape index (κ1) is 19.4. The number of likely N-dealkylation sites (tertiary alicyclic amines) is 1. The number of thioether (sulfide) groups is 1. The highest BCUT2D eigenvalue weighted by molar-refractivity contribution is 7.99. The Morgan fingerprint density at radius 1 is 1.03 bits per heavy atom. The molecule has 0 N–H and O–H groups in total. The number of benzene rings is 1. The average Bonchev–Trinajstić information content (AvgIpc) is 3.47. The van der Waals surface area contributed by atoms with Gasteiger partial charge in [0, 0.05) is 18.8 Å². The van der Waals surface area contributed by atoms with Gasteiger partial charge in [-0.15, -0.1) is 10.2 Å². The molecule has 3 aromatic rings. The van der Waals surface area contributed by atoms with Gasteiger partial charge in [0.1, 0.15) is 0 Å². The molecule has 0 spiro atoms. The Bertz CT molecular complexity index is 986. The number of piperidine rings is 1. The molecule has 156 valence electrons. The Labute approximate surface area is 180 Å². The second-order valence-electron chi connectivity index (χ2n) is 8.18. The highest BCUT2D eigenvalue weighted by atomic mass is 32.2. The minimum atomic E-state index is 0.200. The largest absolute Gasteiger partial charge is 0.461 e. The summed E-state index contributed by atoms with van der Waals surface area (Å²) in [6.07, 6.45) is 8.08. The molecule has 7 heteroatoms. The number of para-hydroxylation sites is 1. The zero-order valence-electron chi connectivity index (χ0n) is 16.9. The highest BCUT2D eigenvalue weighted by Crippen LogP contribution is 2.36. The van der Waals surface area contributed by atoms with Crippen molar-refractivity contribution in [1.29, 1.82) is 0 Å². The Kier molecular flexibility index (Phi) is 5.62. The summed E-state index contributed by atoms with van der Waals surface area (Å²) in [5.74, 6) is 3.40. The summed E-state index contributed by atoms with van der Waals surface area (Å²) in [7, 11) is 0. The normalized spacial score (nSPS) is 21.4. The maximum absolute atomic E-state index is 13.0. The van der Waals surface area contributed by atoms with Gasteiger partial charge in [-0.1, -0.05) is 49.2 Å². The molecule has 5 rings (SSSR count). The minimum absolute atomic E-state index is 0.200. The molecular weight excluding hydrogens is 396 g/mol. The maximum atomic E-state index is 13.0. The van der Waals surface area contributed by atoms with E-state index in [0.717, 1.165) is 31.1 Å². The number of nitrogens with zero attached hydrogens (tertiary/aromatic N) is 4. The van der Waals surface area contributed by atoms with Crippen LogP contribution >= 0.6 is 11.8 Å². The van der Waals surface area contributed by atoms with Gasteiger partial charge in [-0.3, -0.25) is 9.36 Å². The molecule has 1 saturated carbocycles. The standard InChI is InChI=1S/C23H26N4O2S/c28-21(26-13-12-17-7-4-5-8-18(17)15-26)16-30-23-25-24-22(20-11-6-14-29-20)27(23)19-9-2-1-3-10-19/h1-3,6,9-11,14,17-18H,4-5,7-8,12-13,15-16H2/t17-,18+/m0/s1. The summed E-state index contributed by atoms with van der Waals surface area (Å²) in [6, 6.07) is 13.7. The topological polar surface area (TPSA) is 64.2 Å². The van der Waals surface area contributed by atoms with Gasteiger partial charge in [-0.2, -0.15) is 0 Å². The highest BCUT2D eigenvalue weighted by Gasteiger charge is 2.33. The fraction of sp³-hybridized carbons (Fsp3) is 0.435.